The standard InChI is InChI=1S/C27H15N9S3/c1-4-22(25-31-10-28-11-32-25)37-19(1)16-7-17(20-2-5-23(38-20)26-33-12-29-13-34-26)9-18(8-16)21-3-6-24(39-21)27-35-14-30-15-36-27/h1-15H. The normalized spacial score (nSPS) is 11.1. The fraction of sp³-hybridized carbons (Fsp3) is 0. The van der Waals surface area contributed by atoms with Crippen LogP contribution in [0.3, 0.4) is 0 Å². The van der Waals surface area contributed by atoms with Crippen molar-refractivity contribution in [1.29, 1.82) is 0 Å². The molecule has 7 rings (SSSR count). The number of hydrogen-bond acceptors (Lipinski definition) is 12. The van der Waals surface area contributed by atoms with Crippen molar-refractivity contribution in [3.8, 4) is 63.4 Å². The molecule has 0 saturated carbocycles. The quantitative estimate of drug-likeness (QED) is 0.226. The Morgan fingerprint density at radius 1 is 0.333 bits per heavy atom. The second-order valence-corrected chi connectivity index (χ2v) is 11.4. The zero-order chi connectivity index (χ0) is 26.0. The van der Waals surface area contributed by atoms with E-state index >= 15 is 0 Å². The van der Waals surface area contributed by atoms with Crippen LogP contribution in [0.2, 0.25) is 0 Å². The minimum atomic E-state index is 0.665. The Morgan fingerprint density at radius 3 is 0.872 bits per heavy atom. The van der Waals surface area contributed by atoms with E-state index < -0.39 is 0 Å². The monoisotopic (exact) mass is 561 g/mol. The summed E-state index contributed by atoms with van der Waals surface area (Å²) < 4.78 is 0. The molecule has 6 aromatic heterocycles. The van der Waals surface area contributed by atoms with Crippen LogP contribution in [0.5, 0.6) is 0 Å². The molecule has 12 heteroatoms. The zero-order valence-electron chi connectivity index (χ0n) is 19.9. The van der Waals surface area contributed by atoms with Crippen molar-refractivity contribution in [3.63, 3.8) is 0 Å². The Balaban J connectivity index is 1.33. The molecule has 0 aliphatic rings. The van der Waals surface area contributed by atoms with Crippen molar-refractivity contribution in [2.45, 2.75) is 0 Å². The highest BCUT2D eigenvalue weighted by Gasteiger charge is 2.15. The lowest BCUT2D eigenvalue weighted by Gasteiger charge is -2.07. The molecule has 0 aliphatic heterocycles. The van der Waals surface area contributed by atoms with Crippen molar-refractivity contribution >= 4 is 34.0 Å². The van der Waals surface area contributed by atoms with Crippen molar-refractivity contribution in [3.05, 3.63) is 92.6 Å². The summed E-state index contributed by atoms with van der Waals surface area (Å²) in [6.45, 7) is 0. The van der Waals surface area contributed by atoms with Crippen LogP contribution < -0.4 is 0 Å². The first-order valence-corrected chi connectivity index (χ1v) is 14.1. The van der Waals surface area contributed by atoms with E-state index in [0.717, 1.165) is 46.0 Å². The van der Waals surface area contributed by atoms with Crippen molar-refractivity contribution in [2.75, 3.05) is 0 Å². The average Bonchev–Trinajstić information content (AvgIpc) is 3.80. The molecule has 0 atom stereocenters. The molecule has 6 heterocycles. The molecule has 186 valence electrons. The predicted octanol–water partition coefficient (Wildman–Crippen LogP) is 6.43. The Bertz CT molecular complexity index is 1640. The van der Waals surface area contributed by atoms with Crippen LogP contribution >= 0.6 is 34.0 Å². The second kappa shape index (κ2) is 10.3. The van der Waals surface area contributed by atoms with Crippen molar-refractivity contribution < 1.29 is 0 Å². The molecule has 9 nitrogen and oxygen atoms in total. The fourth-order valence-corrected chi connectivity index (χ4v) is 6.82. The third kappa shape index (κ3) is 4.83. The van der Waals surface area contributed by atoms with Crippen LogP contribution in [0.15, 0.2) is 92.6 Å². The third-order valence-electron chi connectivity index (χ3n) is 5.75. The summed E-state index contributed by atoms with van der Waals surface area (Å²) in [4.78, 5) is 44.0. The number of hydrogen-bond donors (Lipinski definition) is 0. The molecule has 1 aromatic carbocycles. The minimum Gasteiger partial charge on any atom is -0.225 e. The zero-order valence-corrected chi connectivity index (χ0v) is 22.4. The van der Waals surface area contributed by atoms with Crippen LogP contribution in [0, 0.1) is 0 Å². The van der Waals surface area contributed by atoms with Gasteiger partial charge in [0.1, 0.15) is 38.0 Å². The summed E-state index contributed by atoms with van der Waals surface area (Å²) in [5, 5.41) is 0. The van der Waals surface area contributed by atoms with Gasteiger partial charge >= 0.3 is 0 Å². The van der Waals surface area contributed by atoms with Gasteiger partial charge in [0.25, 0.3) is 0 Å². The topological polar surface area (TPSA) is 116 Å². The van der Waals surface area contributed by atoms with E-state index in [1.165, 1.54) is 38.0 Å². The molecule has 0 saturated heterocycles. The highest BCUT2D eigenvalue weighted by molar-refractivity contribution is 7.19. The number of benzene rings is 1. The molecule has 0 fully saturated rings. The molecule has 0 unspecified atom stereocenters. The Kier molecular flexibility index (Phi) is 6.17. The van der Waals surface area contributed by atoms with Gasteiger partial charge in [0.05, 0.1) is 14.6 Å². The Morgan fingerprint density at radius 2 is 0.590 bits per heavy atom. The number of nitrogens with zero attached hydrogens (tertiary/aromatic N) is 9. The lowest BCUT2D eigenvalue weighted by atomic mass is 10.0. The summed E-state index contributed by atoms with van der Waals surface area (Å²) in [7, 11) is 0. The Hall–Kier alpha value is -4.65. The Labute approximate surface area is 234 Å². The summed E-state index contributed by atoms with van der Waals surface area (Å²) in [6, 6.07) is 19.1. The smallest absolute Gasteiger partial charge is 0.172 e. The van der Waals surface area contributed by atoms with Gasteiger partial charge in [-0.3, -0.25) is 0 Å². The first kappa shape index (κ1) is 23.5. The maximum absolute atomic E-state index is 4.31. The van der Waals surface area contributed by atoms with E-state index in [4.69, 9.17) is 0 Å². The van der Waals surface area contributed by atoms with Gasteiger partial charge in [0.2, 0.25) is 0 Å². The lowest BCUT2D eigenvalue weighted by molar-refractivity contribution is 1.06. The van der Waals surface area contributed by atoms with Gasteiger partial charge in [-0.05, 0) is 71.3 Å². The van der Waals surface area contributed by atoms with Gasteiger partial charge in [0, 0.05) is 14.6 Å². The third-order valence-corrected chi connectivity index (χ3v) is 9.14. The van der Waals surface area contributed by atoms with Gasteiger partial charge in [-0.15, -0.1) is 34.0 Å². The molecule has 0 spiro atoms. The average molecular weight is 562 g/mol. The lowest BCUT2D eigenvalue weighted by Crippen LogP contribution is -1.85. The molecule has 0 amide bonds. The first-order valence-electron chi connectivity index (χ1n) is 11.6. The molecular weight excluding hydrogens is 547 g/mol. The van der Waals surface area contributed by atoms with E-state index in [0.29, 0.717) is 17.5 Å². The van der Waals surface area contributed by atoms with Crippen molar-refractivity contribution in [1.82, 2.24) is 44.9 Å². The van der Waals surface area contributed by atoms with Crippen LogP contribution in [0.1, 0.15) is 0 Å². The van der Waals surface area contributed by atoms with Gasteiger partial charge in [-0.2, -0.15) is 0 Å². The number of rotatable bonds is 6. The van der Waals surface area contributed by atoms with Crippen molar-refractivity contribution in [2.24, 2.45) is 0 Å². The van der Waals surface area contributed by atoms with E-state index in [-0.39, 0.29) is 0 Å². The summed E-state index contributed by atoms with van der Waals surface area (Å²) in [5.74, 6) is 1.99. The van der Waals surface area contributed by atoms with E-state index in [9.17, 15) is 0 Å². The van der Waals surface area contributed by atoms with E-state index in [2.05, 4.69) is 99.5 Å². The van der Waals surface area contributed by atoms with E-state index in [1.54, 1.807) is 34.0 Å². The van der Waals surface area contributed by atoms with Gasteiger partial charge in [-0.25, -0.2) is 44.9 Å². The molecule has 39 heavy (non-hydrogen) atoms. The molecule has 0 aliphatic carbocycles. The maximum Gasteiger partial charge on any atom is 0.172 e. The molecule has 0 bridgehead atoms. The van der Waals surface area contributed by atoms with Gasteiger partial charge in [-0.1, -0.05) is 0 Å². The summed E-state index contributed by atoms with van der Waals surface area (Å²) in [6.07, 6.45) is 9.10. The first-order chi connectivity index (χ1) is 19.3. The number of aromatic nitrogens is 9. The largest absolute Gasteiger partial charge is 0.225 e. The van der Waals surface area contributed by atoms with Gasteiger partial charge in [0.15, 0.2) is 17.5 Å². The van der Waals surface area contributed by atoms with Gasteiger partial charge < -0.3 is 0 Å². The molecule has 7 aromatic rings. The molecule has 0 radical (unpaired) electrons. The van der Waals surface area contributed by atoms with Crippen LogP contribution in [0.25, 0.3) is 63.4 Å². The predicted molar refractivity (Wildman–Crippen MR) is 153 cm³/mol. The fourth-order valence-electron chi connectivity index (χ4n) is 3.99. The second-order valence-electron chi connectivity index (χ2n) is 8.18. The minimum absolute atomic E-state index is 0.665. The summed E-state index contributed by atoms with van der Waals surface area (Å²) >= 11 is 4.95. The number of thiophene rings is 3. The highest BCUT2D eigenvalue weighted by Crippen LogP contribution is 2.42. The van der Waals surface area contributed by atoms with Crippen LogP contribution in [-0.2, 0) is 0 Å². The SMILES string of the molecule is c1ncnc(-c2ccc(-c3cc(-c4ccc(-c5ncncn5)s4)cc(-c4ccc(-c5ncncn5)s4)c3)s2)n1. The van der Waals surface area contributed by atoms with E-state index in [1.807, 2.05) is 0 Å². The van der Waals surface area contributed by atoms with Crippen LogP contribution in [0.4, 0.5) is 0 Å². The highest BCUT2D eigenvalue weighted by atomic mass is 32.1. The molecule has 0 N–H and O–H groups in total. The van der Waals surface area contributed by atoms with Crippen LogP contribution in [-0.4, -0.2) is 44.9 Å². The summed E-state index contributed by atoms with van der Waals surface area (Å²) in [5.41, 5.74) is 3.33. The molecular formula is C27H15N9S3. The maximum atomic E-state index is 4.31.